The molecular weight excluding hydrogens is 254 g/mol. The Labute approximate surface area is 119 Å². The van der Waals surface area contributed by atoms with Crippen LogP contribution in [0.5, 0.6) is 0 Å². The molecule has 1 fully saturated rings. The molecule has 0 saturated heterocycles. The Kier molecular flexibility index (Phi) is 4.76. The minimum absolute atomic E-state index is 0.0912. The molecular formula is C14H23N5O. The van der Waals surface area contributed by atoms with Crippen molar-refractivity contribution in [2.45, 2.75) is 52.0 Å². The number of nitrogen functional groups attached to an aromatic ring is 1. The van der Waals surface area contributed by atoms with Gasteiger partial charge in [0.2, 0.25) is 5.91 Å². The first kappa shape index (κ1) is 14.6. The topological polar surface area (TPSA) is 92.9 Å². The van der Waals surface area contributed by atoms with E-state index in [1.165, 1.54) is 0 Å². The summed E-state index contributed by atoms with van der Waals surface area (Å²) >= 11 is 0. The summed E-state index contributed by atoms with van der Waals surface area (Å²) in [4.78, 5) is 20.3. The molecule has 1 aliphatic carbocycles. The number of nitrogens with two attached hydrogens (primary N) is 1. The second kappa shape index (κ2) is 6.54. The highest BCUT2D eigenvalue weighted by molar-refractivity contribution is 5.77. The van der Waals surface area contributed by atoms with Crippen LogP contribution in [0.15, 0.2) is 0 Å². The van der Waals surface area contributed by atoms with Gasteiger partial charge in [-0.25, -0.2) is 9.97 Å². The third-order valence-corrected chi connectivity index (χ3v) is 3.29. The smallest absolute Gasteiger partial charge is 0.221 e. The molecule has 1 heterocycles. The quantitative estimate of drug-likeness (QED) is 0.700. The molecule has 1 aromatic rings. The van der Waals surface area contributed by atoms with E-state index >= 15 is 0 Å². The highest BCUT2D eigenvalue weighted by Crippen LogP contribution is 2.19. The number of anilines is 2. The van der Waals surface area contributed by atoms with Crippen LogP contribution in [0.1, 0.15) is 44.0 Å². The highest BCUT2D eigenvalue weighted by atomic mass is 16.1. The van der Waals surface area contributed by atoms with Crippen molar-refractivity contribution in [3.63, 3.8) is 0 Å². The zero-order valence-electron chi connectivity index (χ0n) is 12.2. The first-order valence-corrected chi connectivity index (χ1v) is 7.26. The van der Waals surface area contributed by atoms with Crippen LogP contribution >= 0.6 is 0 Å². The maximum absolute atomic E-state index is 11.6. The van der Waals surface area contributed by atoms with E-state index in [0.717, 1.165) is 42.9 Å². The van der Waals surface area contributed by atoms with Gasteiger partial charge in [0, 0.05) is 31.0 Å². The fourth-order valence-electron chi connectivity index (χ4n) is 1.91. The fraction of sp³-hybridized carbons (Fsp3) is 0.643. The first-order chi connectivity index (χ1) is 9.60. The number of nitrogens with one attached hydrogen (secondary N) is 2. The summed E-state index contributed by atoms with van der Waals surface area (Å²) in [5.41, 5.74) is 6.73. The van der Waals surface area contributed by atoms with Gasteiger partial charge in [-0.2, -0.15) is 0 Å². The molecule has 20 heavy (non-hydrogen) atoms. The zero-order valence-corrected chi connectivity index (χ0v) is 12.2. The first-order valence-electron chi connectivity index (χ1n) is 7.26. The number of hydrogen-bond donors (Lipinski definition) is 3. The standard InChI is InChI=1S/C14H23N5O/c1-3-4-11-18-13(15)9(2)14(19-11)16-8-7-12(20)17-10-5-6-10/h10H,3-8H2,1-2H3,(H,17,20)(H3,15,16,18,19). The highest BCUT2D eigenvalue weighted by Gasteiger charge is 2.22. The molecule has 0 bridgehead atoms. The van der Waals surface area contributed by atoms with Crippen molar-refractivity contribution in [3.05, 3.63) is 11.4 Å². The van der Waals surface area contributed by atoms with Crippen LogP contribution in [0.4, 0.5) is 11.6 Å². The molecule has 0 radical (unpaired) electrons. The maximum Gasteiger partial charge on any atom is 0.221 e. The van der Waals surface area contributed by atoms with Gasteiger partial charge in [0.25, 0.3) is 0 Å². The van der Waals surface area contributed by atoms with Gasteiger partial charge in [-0.05, 0) is 26.2 Å². The molecule has 0 aromatic carbocycles. The summed E-state index contributed by atoms with van der Waals surface area (Å²) in [5, 5.41) is 6.15. The number of rotatable bonds is 7. The second-order valence-corrected chi connectivity index (χ2v) is 5.27. The molecule has 1 amide bonds. The number of aromatic nitrogens is 2. The van der Waals surface area contributed by atoms with Gasteiger partial charge in [-0.15, -0.1) is 0 Å². The largest absolute Gasteiger partial charge is 0.383 e. The summed E-state index contributed by atoms with van der Waals surface area (Å²) in [5.74, 6) is 2.09. The fourth-order valence-corrected chi connectivity index (χ4v) is 1.91. The molecule has 1 saturated carbocycles. The number of aryl methyl sites for hydroxylation is 1. The maximum atomic E-state index is 11.6. The SMILES string of the molecule is CCCc1nc(N)c(C)c(NCCC(=O)NC2CC2)n1. The molecule has 6 heteroatoms. The Morgan fingerprint density at radius 2 is 2.15 bits per heavy atom. The van der Waals surface area contributed by atoms with Crippen molar-refractivity contribution in [3.8, 4) is 0 Å². The van der Waals surface area contributed by atoms with Gasteiger partial charge in [0.15, 0.2) is 0 Å². The summed E-state index contributed by atoms with van der Waals surface area (Å²) in [7, 11) is 0. The second-order valence-electron chi connectivity index (χ2n) is 5.27. The molecule has 0 unspecified atom stereocenters. The molecule has 1 aliphatic rings. The third kappa shape index (κ3) is 4.08. The van der Waals surface area contributed by atoms with E-state index in [2.05, 4.69) is 27.5 Å². The van der Waals surface area contributed by atoms with E-state index < -0.39 is 0 Å². The van der Waals surface area contributed by atoms with Crippen LogP contribution in [0.3, 0.4) is 0 Å². The average Bonchev–Trinajstić information content (AvgIpc) is 3.19. The Hall–Kier alpha value is -1.85. The van der Waals surface area contributed by atoms with E-state index in [0.29, 0.717) is 24.8 Å². The van der Waals surface area contributed by atoms with Gasteiger partial charge >= 0.3 is 0 Å². The van der Waals surface area contributed by atoms with Gasteiger partial charge in [0.1, 0.15) is 17.5 Å². The molecule has 0 atom stereocenters. The van der Waals surface area contributed by atoms with Crippen molar-refractivity contribution in [2.75, 3.05) is 17.6 Å². The number of nitrogens with zero attached hydrogens (tertiary/aromatic N) is 2. The molecule has 4 N–H and O–H groups in total. The van der Waals surface area contributed by atoms with E-state index in [1.54, 1.807) is 0 Å². The normalized spacial score (nSPS) is 14.1. The number of carbonyl (C=O) groups excluding carboxylic acids is 1. The van der Waals surface area contributed by atoms with Gasteiger partial charge in [-0.1, -0.05) is 6.92 Å². The monoisotopic (exact) mass is 277 g/mol. The van der Waals surface area contributed by atoms with Crippen molar-refractivity contribution in [2.24, 2.45) is 0 Å². The Morgan fingerprint density at radius 1 is 1.40 bits per heavy atom. The van der Waals surface area contributed by atoms with Crippen LogP contribution in [-0.4, -0.2) is 28.5 Å². The lowest BCUT2D eigenvalue weighted by atomic mass is 10.2. The lowest BCUT2D eigenvalue weighted by Crippen LogP contribution is -2.27. The van der Waals surface area contributed by atoms with E-state index in [-0.39, 0.29) is 5.91 Å². The Morgan fingerprint density at radius 3 is 2.80 bits per heavy atom. The molecule has 0 aliphatic heterocycles. The third-order valence-electron chi connectivity index (χ3n) is 3.29. The van der Waals surface area contributed by atoms with Crippen molar-refractivity contribution in [1.82, 2.24) is 15.3 Å². The minimum Gasteiger partial charge on any atom is -0.383 e. The van der Waals surface area contributed by atoms with Crippen molar-refractivity contribution < 1.29 is 4.79 Å². The number of amides is 1. The van der Waals surface area contributed by atoms with Crippen LogP contribution in [0, 0.1) is 6.92 Å². The molecule has 0 spiro atoms. The van der Waals surface area contributed by atoms with Crippen molar-refractivity contribution in [1.29, 1.82) is 0 Å². The van der Waals surface area contributed by atoms with Crippen LogP contribution in [0.2, 0.25) is 0 Å². The Bertz CT molecular complexity index is 485. The summed E-state index contributed by atoms with van der Waals surface area (Å²) < 4.78 is 0. The van der Waals surface area contributed by atoms with E-state index in [4.69, 9.17) is 5.73 Å². The molecule has 110 valence electrons. The van der Waals surface area contributed by atoms with Crippen molar-refractivity contribution >= 4 is 17.5 Å². The predicted molar refractivity (Wildman–Crippen MR) is 79.4 cm³/mol. The van der Waals surface area contributed by atoms with Crippen LogP contribution in [0.25, 0.3) is 0 Å². The minimum atomic E-state index is 0.0912. The average molecular weight is 277 g/mol. The van der Waals surface area contributed by atoms with Gasteiger partial charge in [-0.3, -0.25) is 4.79 Å². The van der Waals surface area contributed by atoms with E-state index in [1.807, 2.05) is 6.92 Å². The Balaban J connectivity index is 1.88. The van der Waals surface area contributed by atoms with Crippen LogP contribution in [-0.2, 0) is 11.2 Å². The molecule has 2 rings (SSSR count). The number of carbonyl (C=O) groups is 1. The lowest BCUT2D eigenvalue weighted by molar-refractivity contribution is -0.120. The van der Waals surface area contributed by atoms with Gasteiger partial charge < -0.3 is 16.4 Å². The summed E-state index contributed by atoms with van der Waals surface area (Å²) in [6.07, 6.45) is 4.46. The lowest BCUT2D eigenvalue weighted by Gasteiger charge is -2.11. The van der Waals surface area contributed by atoms with Gasteiger partial charge in [0.05, 0.1) is 0 Å². The summed E-state index contributed by atoms with van der Waals surface area (Å²) in [6, 6.07) is 0.412. The predicted octanol–water partition coefficient (Wildman–Crippen LogP) is 1.40. The molecule has 1 aromatic heterocycles. The molecule has 6 nitrogen and oxygen atoms in total. The van der Waals surface area contributed by atoms with E-state index in [9.17, 15) is 4.79 Å². The summed E-state index contributed by atoms with van der Waals surface area (Å²) in [6.45, 7) is 4.52. The zero-order chi connectivity index (χ0) is 14.5. The van der Waals surface area contributed by atoms with Crippen LogP contribution < -0.4 is 16.4 Å². The number of hydrogen-bond acceptors (Lipinski definition) is 5.